The number of non-ortho nitro benzene ring substituents is 1. The molecule has 0 aliphatic carbocycles. The number of fused-ring (bicyclic) bond motifs is 1. The van der Waals surface area contributed by atoms with Crippen molar-refractivity contribution in [2.45, 2.75) is 95.4 Å². The average molecular weight is 720 g/mol. The van der Waals surface area contributed by atoms with Gasteiger partial charge in [-0.15, -0.1) is 0 Å². The molecule has 3 fully saturated rings. The number of hydrogen-bond donors (Lipinski definition) is 1. The highest BCUT2D eigenvalue weighted by atomic mass is 16.8. The summed E-state index contributed by atoms with van der Waals surface area (Å²) < 4.78 is 58.3. The Balaban J connectivity index is 1.51. The summed E-state index contributed by atoms with van der Waals surface area (Å²) in [5.41, 5.74) is 0.444. The van der Waals surface area contributed by atoms with E-state index in [1.54, 1.807) is 30.3 Å². The van der Waals surface area contributed by atoms with Crippen molar-refractivity contribution in [2.24, 2.45) is 0 Å². The molecule has 276 valence electrons. The molecule has 1 unspecified atom stereocenters. The summed E-state index contributed by atoms with van der Waals surface area (Å²) in [7, 11) is 0. The predicted octanol–water partition coefficient (Wildman–Crippen LogP) is 1.64. The molecule has 11 atom stereocenters. The molecule has 5 rings (SSSR count). The number of nitrogens with zero attached hydrogens (tertiary/aromatic N) is 1. The smallest absolute Gasteiger partial charge is 0.303 e. The first-order valence-electron chi connectivity index (χ1n) is 15.8. The first-order chi connectivity index (χ1) is 24.3. The van der Waals surface area contributed by atoms with Crippen LogP contribution in [-0.2, 0) is 61.8 Å². The van der Waals surface area contributed by atoms with E-state index in [0.29, 0.717) is 5.56 Å². The monoisotopic (exact) mass is 719 g/mol. The van der Waals surface area contributed by atoms with Crippen molar-refractivity contribution in [3.05, 3.63) is 70.3 Å². The second-order valence-corrected chi connectivity index (χ2v) is 11.7. The number of hydrogen-bond acceptors (Lipinski definition) is 17. The van der Waals surface area contributed by atoms with Gasteiger partial charge in [-0.05, 0) is 12.1 Å². The maximum absolute atomic E-state index is 12.4. The number of nitro groups is 1. The van der Waals surface area contributed by atoms with Gasteiger partial charge < -0.3 is 52.5 Å². The van der Waals surface area contributed by atoms with Crippen molar-refractivity contribution in [1.29, 1.82) is 0 Å². The van der Waals surface area contributed by atoms with Crippen molar-refractivity contribution in [2.75, 3.05) is 13.2 Å². The van der Waals surface area contributed by atoms with Crippen LogP contribution in [0.2, 0.25) is 0 Å². The highest BCUT2D eigenvalue weighted by Crippen LogP contribution is 2.39. The minimum Gasteiger partial charge on any atom is -0.463 e. The van der Waals surface area contributed by atoms with Crippen molar-refractivity contribution in [1.82, 2.24) is 0 Å². The van der Waals surface area contributed by atoms with Crippen molar-refractivity contribution in [3.8, 4) is 5.75 Å². The van der Waals surface area contributed by atoms with Crippen LogP contribution in [0.4, 0.5) is 5.69 Å². The molecule has 0 saturated carbocycles. The Morgan fingerprint density at radius 3 is 2.02 bits per heavy atom. The lowest BCUT2D eigenvalue weighted by Gasteiger charge is -2.50. The zero-order valence-electron chi connectivity index (χ0n) is 27.9. The van der Waals surface area contributed by atoms with Crippen LogP contribution >= 0.6 is 0 Å². The number of ether oxygens (including phenoxy) is 10. The van der Waals surface area contributed by atoms with Crippen LogP contribution in [-0.4, -0.2) is 109 Å². The summed E-state index contributed by atoms with van der Waals surface area (Å²) in [4.78, 5) is 59.2. The maximum Gasteiger partial charge on any atom is 0.303 e. The Bertz CT molecular complexity index is 1550. The van der Waals surface area contributed by atoms with Gasteiger partial charge in [-0.1, -0.05) is 30.3 Å². The third kappa shape index (κ3) is 9.34. The maximum atomic E-state index is 12.4. The summed E-state index contributed by atoms with van der Waals surface area (Å²) >= 11 is 0. The van der Waals surface area contributed by atoms with E-state index in [2.05, 4.69) is 0 Å². The molecule has 0 bridgehead atoms. The van der Waals surface area contributed by atoms with Crippen LogP contribution in [0.3, 0.4) is 0 Å². The van der Waals surface area contributed by atoms with Crippen molar-refractivity contribution >= 4 is 29.6 Å². The summed E-state index contributed by atoms with van der Waals surface area (Å²) in [6, 6.07) is 13.9. The SMILES string of the molecule is CC(=O)OC[C@H]1O[C@@H](O[C@@H]2[C@@H](O)[C@H](Oc3ccc([N+](=O)[O-])cc3)O[C@@H]3COC(c4ccccc4)O[C@@H]23)[C@H](OC(C)=O)[C@@H](OC(C)=O)[C@@H]1OC(C)=O. The fraction of sp³-hybridized carbons (Fsp3) is 0.515. The molecular weight excluding hydrogens is 682 g/mol. The number of rotatable bonds is 11. The number of aliphatic hydroxyl groups excluding tert-OH is 1. The van der Waals surface area contributed by atoms with Gasteiger partial charge in [0.05, 0.1) is 11.5 Å². The molecule has 18 nitrogen and oxygen atoms in total. The van der Waals surface area contributed by atoms with Gasteiger partial charge in [0.1, 0.15) is 42.9 Å². The summed E-state index contributed by atoms with van der Waals surface area (Å²) in [5, 5.41) is 22.9. The van der Waals surface area contributed by atoms with E-state index in [1.165, 1.54) is 24.3 Å². The molecule has 0 spiro atoms. The third-order valence-corrected chi connectivity index (χ3v) is 7.92. The number of aliphatic hydroxyl groups is 1. The Labute approximate surface area is 290 Å². The molecule has 3 saturated heterocycles. The fourth-order valence-corrected chi connectivity index (χ4v) is 5.83. The zero-order chi connectivity index (χ0) is 36.8. The van der Waals surface area contributed by atoms with Gasteiger partial charge in [0.2, 0.25) is 6.29 Å². The van der Waals surface area contributed by atoms with E-state index in [-0.39, 0.29) is 18.0 Å². The van der Waals surface area contributed by atoms with E-state index < -0.39 is 103 Å². The van der Waals surface area contributed by atoms with Gasteiger partial charge in [0.25, 0.3) is 5.69 Å². The molecule has 0 aromatic heterocycles. The summed E-state index contributed by atoms with van der Waals surface area (Å²) in [6.45, 7) is 3.80. The van der Waals surface area contributed by atoms with Crippen LogP contribution < -0.4 is 4.74 Å². The Morgan fingerprint density at radius 2 is 1.41 bits per heavy atom. The van der Waals surface area contributed by atoms with Crippen LogP contribution in [0.5, 0.6) is 5.75 Å². The van der Waals surface area contributed by atoms with E-state index in [0.717, 1.165) is 27.7 Å². The number of nitro benzene ring substituents is 1. The topological polar surface area (TPSA) is 224 Å². The minimum absolute atomic E-state index is 0.0739. The largest absolute Gasteiger partial charge is 0.463 e. The summed E-state index contributed by atoms with van der Waals surface area (Å²) in [6.07, 6.45) is -15.1. The number of carbonyl (C=O) groups excluding carboxylic acids is 4. The van der Waals surface area contributed by atoms with Gasteiger partial charge in [-0.2, -0.15) is 0 Å². The summed E-state index contributed by atoms with van der Waals surface area (Å²) in [5.74, 6) is -3.12. The highest BCUT2D eigenvalue weighted by molar-refractivity contribution is 5.68. The minimum atomic E-state index is -1.68. The van der Waals surface area contributed by atoms with Crippen LogP contribution in [0, 0.1) is 10.1 Å². The average Bonchev–Trinajstić information content (AvgIpc) is 3.08. The van der Waals surface area contributed by atoms with Crippen molar-refractivity contribution < 1.29 is 76.6 Å². The van der Waals surface area contributed by atoms with Gasteiger partial charge in [0.15, 0.2) is 30.9 Å². The number of benzene rings is 2. The van der Waals surface area contributed by atoms with E-state index >= 15 is 0 Å². The van der Waals surface area contributed by atoms with Gasteiger partial charge in [-0.3, -0.25) is 29.3 Å². The molecule has 51 heavy (non-hydrogen) atoms. The Hall–Kier alpha value is -4.72. The molecule has 3 heterocycles. The number of esters is 4. The first-order valence-corrected chi connectivity index (χ1v) is 15.8. The zero-order valence-corrected chi connectivity index (χ0v) is 27.9. The lowest BCUT2D eigenvalue weighted by atomic mass is 9.95. The standard InChI is InChI=1S/C33H37NO17/c1-16(35)42-14-23-27(44-17(2)36)29(45-18(3)37)30(46-19(4)38)33(49-23)51-28-25(39)32(47-22-12-10-21(11-13-22)34(40)41)48-24-15-43-31(50-26(24)28)20-8-6-5-7-9-20/h5-13,23-33,39H,14-15H2,1-4H3/t23-,24-,25-,26-,27-,28-,29+,30-,31?,32-,33+/m1/s1. The predicted molar refractivity (Wildman–Crippen MR) is 165 cm³/mol. The van der Waals surface area contributed by atoms with E-state index in [9.17, 15) is 34.4 Å². The van der Waals surface area contributed by atoms with E-state index in [4.69, 9.17) is 47.4 Å². The van der Waals surface area contributed by atoms with Crippen LogP contribution in [0.1, 0.15) is 39.5 Å². The second kappa shape index (κ2) is 16.5. The third-order valence-electron chi connectivity index (χ3n) is 7.92. The Kier molecular flexibility index (Phi) is 12.2. The van der Waals surface area contributed by atoms with E-state index in [1.807, 2.05) is 0 Å². The van der Waals surface area contributed by atoms with Gasteiger partial charge >= 0.3 is 23.9 Å². The Morgan fingerprint density at radius 1 is 0.784 bits per heavy atom. The number of carbonyl (C=O) groups is 4. The molecule has 18 heteroatoms. The molecular formula is C33H37NO17. The molecule has 3 aliphatic heterocycles. The first kappa shape index (κ1) is 37.5. The van der Waals surface area contributed by atoms with Gasteiger partial charge in [0, 0.05) is 45.4 Å². The second-order valence-electron chi connectivity index (χ2n) is 11.7. The van der Waals surface area contributed by atoms with Gasteiger partial charge in [-0.25, -0.2) is 0 Å². The normalized spacial score (nSPS) is 31.7. The molecule has 3 aliphatic rings. The molecule has 0 amide bonds. The fourth-order valence-electron chi connectivity index (χ4n) is 5.83. The molecule has 2 aromatic carbocycles. The van der Waals surface area contributed by atoms with Crippen LogP contribution in [0.15, 0.2) is 54.6 Å². The quantitative estimate of drug-likeness (QED) is 0.151. The van der Waals surface area contributed by atoms with Crippen LogP contribution in [0.25, 0.3) is 0 Å². The molecule has 2 aromatic rings. The highest BCUT2D eigenvalue weighted by Gasteiger charge is 2.57. The lowest BCUT2D eigenvalue weighted by Crippen LogP contribution is -2.67. The molecule has 1 N–H and O–H groups in total. The van der Waals surface area contributed by atoms with Crippen molar-refractivity contribution in [3.63, 3.8) is 0 Å². The lowest BCUT2D eigenvalue weighted by molar-refractivity contribution is -0.386. The molecule has 0 radical (unpaired) electrons.